The van der Waals surface area contributed by atoms with Crippen LogP contribution in [0.2, 0.25) is 0 Å². The molecule has 0 N–H and O–H groups in total. The van der Waals surface area contributed by atoms with E-state index in [1.807, 2.05) is 34.3 Å². The van der Waals surface area contributed by atoms with Gasteiger partial charge in [-0.25, -0.2) is 9.50 Å². The second-order valence-electron chi connectivity index (χ2n) is 5.91. The zero-order valence-electron chi connectivity index (χ0n) is 11.8. The van der Waals surface area contributed by atoms with Crippen LogP contribution in [0.4, 0.5) is 0 Å². The summed E-state index contributed by atoms with van der Waals surface area (Å²) in [5, 5.41) is 6.68. The van der Waals surface area contributed by atoms with Crippen LogP contribution in [0.25, 0.3) is 17.3 Å². The minimum Gasteiger partial charge on any atom is -0.294 e. The van der Waals surface area contributed by atoms with E-state index in [2.05, 4.69) is 16.1 Å². The average molecular weight is 307 g/mol. The Labute approximate surface area is 131 Å². The maximum atomic E-state index is 12.5. The van der Waals surface area contributed by atoms with Crippen molar-refractivity contribution in [3.05, 3.63) is 51.6 Å². The predicted octanol–water partition coefficient (Wildman–Crippen LogP) is 3.33. The molecule has 0 aliphatic heterocycles. The summed E-state index contributed by atoms with van der Waals surface area (Å²) in [5.74, 6) is 0.750. The van der Waals surface area contributed by atoms with Gasteiger partial charge in [-0.15, -0.1) is 11.3 Å². The molecule has 1 fully saturated rings. The summed E-state index contributed by atoms with van der Waals surface area (Å²) in [4.78, 5) is 18.1. The molecule has 2 aliphatic rings. The van der Waals surface area contributed by atoms with Crippen LogP contribution in [0.1, 0.15) is 40.6 Å². The number of hydrogen-bond donors (Lipinski definition) is 0. The lowest BCUT2D eigenvalue weighted by Gasteiger charge is -2.15. The van der Waals surface area contributed by atoms with Crippen molar-refractivity contribution in [1.82, 2.24) is 14.6 Å². The molecule has 0 amide bonds. The molecule has 0 aromatic carbocycles. The molecule has 22 heavy (non-hydrogen) atoms. The number of thiophene rings is 1. The third kappa shape index (κ3) is 1.78. The van der Waals surface area contributed by atoms with Gasteiger partial charge in [-0.3, -0.25) is 4.79 Å². The van der Waals surface area contributed by atoms with Crippen molar-refractivity contribution in [2.45, 2.75) is 25.2 Å². The van der Waals surface area contributed by atoms with Crippen molar-refractivity contribution in [3.8, 4) is 0 Å². The van der Waals surface area contributed by atoms with Gasteiger partial charge < -0.3 is 0 Å². The standard InChI is InChI=1S/C17H13N3OS/c21-15-8-14-11(6-12(15)16-2-1-5-22-16)9-18-17-7-13(10-3-4-10)19-20(14)17/h1-2,5-7,9-10H,3-4,8H2. The molecule has 0 unspecified atom stereocenters. The van der Waals surface area contributed by atoms with E-state index in [1.54, 1.807) is 11.3 Å². The third-order valence-corrected chi connectivity index (χ3v) is 5.25. The Morgan fingerprint density at radius 3 is 3.00 bits per heavy atom. The maximum Gasteiger partial charge on any atom is 0.170 e. The molecule has 3 heterocycles. The normalized spacial score (nSPS) is 17.6. The summed E-state index contributed by atoms with van der Waals surface area (Å²) >= 11 is 1.60. The Morgan fingerprint density at radius 2 is 2.23 bits per heavy atom. The lowest BCUT2D eigenvalue weighted by molar-refractivity contribution is -0.113. The fourth-order valence-corrected chi connectivity index (χ4v) is 3.77. The summed E-state index contributed by atoms with van der Waals surface area (Å²) in [6, 6.07) is 6.02. The summed E-state index contributed by atoms with van der Waals surface area (Å²) in [6.07, 6.45) is 6.64. The molecule has 2 aliphatic carbocycles. The van der Waals surface area contributed by atoms with Crippen LogP contribution in [0, 0.1) is 0 Å². The number of rotatable bonds is 2. The molecule has 3 aromatic heterocycles. The van der Waals surface area contributed by atoms with E-state index in [9.17, 15) is 4.79 Å². The van der Waals surface area contributed by atoms with Crippen LogP contribution in [0.15, 0.2) is 29.8 Å². The highest BCUT2D eigenvalue weighted by Crippen LogP contribution is 2.40. The molecule has 3 aromatic rings. The molecule has 4 nitrogen and oxygen atoms in total. The number of fused-ring (bicyclic) bond motifs is 3. The van der Waals surface area contributed by atoms with Gasteiger partial charge in [0.05, 0.1) is 17.8 Å². The van der Waals surface area contributed by atoms with Gasteiger partial charge in [0.25, 0.3) is 0 Å². The molecule has 0 saturated heterocycles. The van der Waals surface area contributed by atoms with Crippen molar-refractivity contribution >= 4 is 34.4 Å². The molecule has 5 rings (SSSR count). The van der Waals surface area contributed by atoms with Crippen molar-refractivity contribution in [2.75, 3.05) is 0 Å². The number of carbonyl (C=O) groups excluding carboxylic acids is 1. The Kier molecular flexibility index (Phi) is 2.44. The van der Waals surface area contributed by atoms with Crippen molar-refractivity contribution in [3.63, 3.8) is 0 Å². The molecular weight excluding hydrogens is 294 g/mol. The molecular formula is C17H13N3OS. The van der Waals surface area contributed by atoms with Crippen molar-refractivity contribution in [2.24, 2.45) is 0 Å². The number of carbonyl (C=O) groups is 1. The van der Waals surface area contributed by atoms with Crippen LogP contribution in [-0.2, 0) is 11.2 Å². The van der Waals surface area contributed by atoms with Gasteiger partial charge in [0.1, 0.15) is 0 Å². The van der Waals surface area contributed by atoms with Crippen LogP contribution in [0.5, 0.6) is 0 Å². The number of allylic oxidation sites excluding steroid dienone is 1. The summed E-state index contributed by atoms with van der Waals surface area (Å²) in [5.41, 5.74) is 4.71. The Hall–Kier alpha value is -2.27. The van der Waals surface area contributed by atoms with Gasteiger partial charge in [0, 0.05) is 34.2 Å². The molecule has 0 radical (unpaired) electrons. The first-order chi connectivity index (χ1) is 10.8. The number of Topliss-reactive ketones (excluding diaryl/α,β-unsaturated/α-hetero) is 1. The number of aromatic nitrogens is 3. The number of ketones is 1. The van der Waals surface area contributed by atoms with Gasteiger partial charge in [0.15, 0.2) is 11.4 Å². The molecule has 5 heteroatoms. The maximum absolute atomic E-state index is 12.5. The molecule has 1 saturated carbocycles. The Balaban J connectivity index is 1.69. The van der Waals surface area contributed by atoms with Gasteiger partial charge in [-0.05, 0) is 30.4 Å². The topological polar surface area (TPSA) is 47.3 Å². The Bertz CT molecular complexity index is 932. The summed E-state index contributed by atoms with van der Waals surface area (Å²) < 4.78 is 1.86. The highest BCUT2D eigenvalue weighted by atomic mass is 32.1. The van der Waals surface area contributed by atoms with Crippen molar-refractivity contribution < 1.29 is 4.79 Å². The monoisotopic (exact) mass is 307 g/mol. The zero-order valence-corrected chi connectivity index (χ0v) is 12.6. The van der Waals surface area contributed by atoms with E-state index in [4.69, 9.17) is 0 Å². The Morgan fingerprint density at radius 1 is 1.32 bits per heavy atom. The molecule has 0 atom stereocenters. The van der Waals surface area contributed by atoms with E-state index < -0.39 is 0 Å². The van der Waals surface area contributed by atoms with E-state index in [0.717, 1.165) is 33.0 Å². The fourth-order valence-electron chi connectivity index (χ4n) is 3.01. The predicted molar refractivity (Wildman–Crippen MR) is 85.9 cm³/mol. The minimum absolute atomic E-state index is 0.158. The lowest BCUT2D eigenvalue weighted by atomic mass is 9.95. The lowest BCUT2D eigenvalue weighted by Crippen LogP contribution is -2.15. The number of nitrogens with zero attached hydrogens (tertiary/aromatic N) is 3. The third-order valence-electron chi connectivity index (χ3n) is 4.34. The first-order valence-electron chi connectivity index (χ1n) is 7.46. The second-order valence-corrected chi connectivity index (χ2v) is 6.86. The second kappa shape index (κ2) is 4.36. The largest absolute Gasteiger partial charge is 0.294 e. The first-order valence-corrected chi connectivity index (χ1v) is 8.34. The molecule has 0 spiro atoms. The molecule has 108 valence electrons. The average Bonchev–Trinajstić information content (AvgIpc) is 3.07. The highest BCUT2D eigenvalue weighted by molar-refractivity contribution is 7.11. The van der Waals surface area contributed by atoms with Gasteiger partial charge in [-0.2, -0.15) is 5.10 Å². The minimum atomic E-state index is 0.158. The first kappa shape index (κ1) is 12.3. The summed E-state index contributed by atoms with van der Waals surface area (Å²) in [6.45, 7) is 0. The zero-order chi connectivity index (χ0) is 14.7. The molecule has 0 bridgehead atoms. The quantitative estimate of drug-likeness (QED) is 0.729. The van der Waals surface area contributed by atoms with Crippen molar-refractivity contribution in [1.29, 1.82) is 0 Å². The van der Waals surface area contributed by atoms with Crippen LogP contribution < -0.4 is 0 Å². The van der Waals surface area contributed by atoms with E-state index >= 15 is 0 Å². The highest BCUT2D eigenvalue weighted by Gasteiger charge is 2.28. The van der Waals surface area contributed by atoms with Gasteiger partial charge in [0.2, 0.25) is 0 Å². The summed E-state index contributed by atoms with van der Waals surface area (Å²) in [7, 11) is 0. The smallest absolute Gasteiger partial charge is 0.170 e. The van der Waals surface area contributed by atoms with E-state index in [-0.39, 0.29) is 5.78 Å². The van der Waals surface area contributed by atoms with Crippen LogP contribution in [0.3, 0.4) is 0 Å². The van der Waals surface area contributed by atoms with Gasteiger partial charge in [-0.1, -0.05) is 6.07 Å². The van der Waals surface area contributed by atoms with E-state index in [1.165, 1.54) is 12.8 Å². The van der Waals surface area contributed by atoms with E-state index in [0.29, 0.717) is 12.3 Å². The fraction of sp³-hybridized carbons (Fsp3) is 0.235. The van der Waals surface area contributed by atoms with Crippen LogP contribution >= 0.6 is 11.3 Å². The number of hydrogen-bond acceptors (Lipinski definition) is 4. The van der Waals surface area contributed by atoms with Crippen LogP contribution in [-0.4, -0.2) is 20.4 Å². The van der Waals surface area contributed by atoms with Gasteiger partial charge >= 0.3 is 0 Å². The SMILES string of the molecule is O=C1Cc2c(cnc3cc(C4CC4)nn23)C=C1c1cccs1.